The molecule has 3 rings (SSSR count). The first kappa shape index (κ1) is 8.25. The molecule has 2 heteroatoms. The lowest BCUT2D eigenvalue weighted by Crippen LogP contribution is -2.37. The Morgan fingerprint density at radius 1 is 0.923 bits per heavy atom. The van der Waals surface area contributed by atoms with Crippen molar-refractivity contribution in [3.63, 3.8) is 0 Å². The van der Waals surface area contributed by atoms with Crippen LogP contribution < -0.4 is 5.32 Å². The summed E-state index contributed by atoms with van der Waals surface area (Å²) in [6.45, 7) is 1.94. The average Bonchev–Trinajstić information content (AvgIpc) is 2.65. The van der Waals surface area contributed by atoms with E-state index < -0.39 is 0 Å². The molecule has 0 aromatic carbocycles. The molecule has 0 bridgehead atoms. The topological polar surface area (TPSA) is 21.3 Å². The number of fused-ring (bicyclic) bond motifs is 1. The third kappa shape index (κ3) is 1.50. The normalized spacial score (nSPS) is 44.8. The van der Waals surface area contributed by atoms with Crippen LogP contribution in [0, 0.1) is 11.8 Å². The Hall–Kier alpha value is -0.0800. The molecule has 74 valence electrons. The summed E-state index contributed by atoms with van der Waals surface area (Å²) in [5.41, 5.74) is 0. The van der Waals surface area contributed by atoms with Crippen LogP contribution in [0.2, 0.25) is 0 Å². The van der Waals surface area contributed by atoms with Crippen LogP contribution in [-0.2, 0) is 4.74 Å². The van der Waals surface area contributed by atoms with E-state index in [1.807, 2.05) is 0 Å². The van der Waals surface area contributed by atoms with Crippen molar-refractivity contribution in [1.82, 2.24) is 5.32 Å². The van der Waals surface area contributed by atoms with Gasteiger partial charge in [-0.2, -0.15) is 0 Å². The maximum Gasteiger partial charge on any atom is 0.0480 e. The summed E-state index contributed by atoms with van der Waals surface area (Å²) in [4.78, 5) is 0. The second kappa shape index (κ2) is 3.25. The minimum absolute atomic E-state index is 0.768. The van der Waals surface area contributed by atoms with Gasteiger partial charge in [-0.3, -0.25) is 0 Å². The Kier molecular flexibility index (Phi) is 2.06. The fourth-order valence-electron chi connectivity index (χ4n) is 3.21. The van der Waals surface area contributed by atoms with E-state index in [0.717, 1.165) is 37.1 Å². The molecule has 1 aliphatic heterocycles. The summed E-state index contributed by atoms with van der Waals surface area (Å²) < 4.78 is 5.36. The van der Waals surface area contributed by atoms with Gasteiger partial charge in [-0.15, -0.1) is 0 Å². The Balaban J connectivity index is 1.47. The lowest BCUT2D eigenvalue weighted by molar-refractivity contribution is 0.0767. The molecule has 13 heavy (non-hydrogen) atoms. The summed E-state index contributed by atoms with van der Waals surface area (Å²) in [7, 11) is 0. The van der Waals surface area contributed by atoms with Crippen molar-refractivity contribution in [3.8, 4) is 0 Å². The van der Waals surface area contributed by atoms with Crippen LogP contribution in [-0.4, -0.2) is 25.3 Å². The third-order valence-electron chi connectivity index (χ3n) is 4.06. The van der Waals surface area contributed by atoms with Crippen LogP contribution >= 0.6 is 0 Å². The van der Waals surface area contributed by atoms with Crippen molar-refractivity contribution in [2.24, 2.45) is 11.8 Å². The molecule has 0 aromatic rings. The molecule has 0 spiro atoms. The van der Waals surface area contributed by atoms with Crippen molar-refractivity contribution in [3.05, 3.63) is 0 Å². The summed E-state index contributed by atoms with van der Waals surface area (Å²) in [5.74, 6) is 2.12. The van der Waals surface area contributed by atoms with Crippen LogP contribution in [0.15, 0.2) is 0 Å². The fraction of sp³-hybridized carbons (Fsp3) is 1.00. The zero-order chi connectivity index (χ0) is 8.67. The Bertz CT molecular complexity index is 179. The quantitative estimate of drug-likeness (QED) is 0.698. The van der Waals surface area contributed by atoms with Gasteiger partial charge < -0.3 is 10.1 Å². The minimum atomic E-state index is 0.768. The second-order valence-electron chi connectivity index (χ2n) is 4.84. The number of rotatable bonds is 2. The molecule has 0 radical (unpaired) electrons. The van der Waals surface area contributed by atoms with Gasteiger partial charge >= 0.3 is 0 Å². The molecular formula is C11H19NO. The fourth-order valence-corrected chi connectivity index (χ4v) is 3.21. The highest BCUT2D eigenvalue weighted by molar-refractivity contribution is 5.07. The molecule has 2 aliphatic carbocycles. The van der Waals surface area contributed by atoms with Gasteiger partial charge in [-0.25, -0.2) is 0 Å². The molecule has 3 aliphatic rings. The number of ether oxygens (including phenoxy) is 1. The first-order valence-electron chi connectivity index (χ1n) is 5.79. The first-order chi connectivity index (χ1) is 6.45. The van der Waals surface area contributed by atoms with Crippen molar-refractivity contribution in [2.45, 2.75) is 44.2 Å². The van der Waals surface area contributed by atoms with Crippen molar-refractivity contribution < 1.29 is 4.74 Å². The molecule has 0 amide bonds. The minimum Gasteiger partial charge on any atom is -0.381 e. The van der Waals surface area contributed by atoms with E-state index >= 15 is 0 Å². The smallest absolute Gasteiger partial charge is 0.0480 e. The number of hydrogen-bond donors (Lipinski definition) is 1. The van der Waals surface area contributed by atoms with Gasteiger partial charge in [0.1, 0.15) is 0 Å². The highest BCUT2D eigenvalue weighted by atomic mass is 16.5. The summed E-state index contributed by atoms with van der Waals surface area (Å²) in [6.07, 6.45) is 6.93. The van der Waals surface area contributed by atoms with Crippen molar-refractivity contribution in [2.75, 3.05) is 13.2 Å². The van der Waals surface area contributed by atoms with E-state index in [0.29, 0.717) is 0 Å². The van der Waals surface area contributed by atoms with Crippen LogP contribution in [0.5, 0.6) is 0 Å². The molecule has 1 heterocycles. The molecule has 2 saturated carbocycles. The van der Waals surface area contributed by atoms with E-state index in [2.05, 4.69) is 5.32 Å². The summed E-state index contributed by atoms with van der Waals surface area (Å²) in [5, 5.41) is 3.81. The van der Waals surface area contributed by atoms with Crippen LogP contribution in [0.25, 0.3) is 0 Å². The Labute approximate surface area is 80.0 Å². The average molecular weight is 181 g/mol. The molecule has 2 unspecified atom stereocenters. The largest absolute Gasteiger partial charge is 0.381 e. The SMILES string of the molecule is C1CC2C(C1)C2NC1CCOCC1. The monoisotopic (exact) mass is 181 g/mol. The maximum absolute atomic E-state index is 5.36. The van der Waals surface area contributed by atoms with Gasteiger partial charge in [0.15, 0.2) is 0 Å². The van der Waals surface area contributed by atoms with E-state index in [-0.39, 0.29) is 0 Å². The first-order valence-corrected chi connectivity index (χ1v) is 5.79. The van der Waals surface area contributed by atoms with Crippen LogP contribution in [0.4, 0.5) is 0 Å². The van der Waals surface area contributed by atoms with Gasteiger partial charge in [0.25, 0.3) is 0 Å². The van der Waals surface area contributed by atoms with Gasteiger partial charge in [-0.05, 0) is 37.5 Å². The number of nitrogens with one attached hydrogen (secondary N) is 1. The van der Waals surface area contributed by atoms with Crippen molar-refractivity contribution in [1.29, 1.82) is 0 Å². The summed E-state index contributed by atoms with van der Waals surface area (Å²) >= 11 is 0. The molecule has 2 atom stereocenters. The molecule has 2 nitrogen and oxygen atoms in total. The lowest BCUT2D eigenvalue weighted by atomic mass is 10.1. The van der Waals surface area contributed by atoms with Gasteiger partial charge in [0.05, 0.1) is 0 Å². The van der Waals surface area contributed by atoms with Gasteiger partial charge in [0, 0.05) is 25.3 Å². The van der Waals surface area contributed by atoms with E-state index in [4.69, 9.17) is 4.74 Å². The molecule has 1 saturated heterocycles. The van der Waals surface area contributed by atoms with E-state index in [1.165, 1.54) is 32.1 Å². The highest BCUT2D eigenvalue weighted by Crippen LogP contribution is 2.52. The predicted octanol–water partition coefficient (Wildman–Crippen LogP) is 1.55. The van der Waals surface area contributed by atoms with Crippen molar-refractivity contribution >= 4 is 0 Å². The second-order valence-corrected chi connectivity index (χ2v) is 4.84. The van der Waals surface area contributed by atoms with E-state index in [1.54, 1.807) is 0 Å². The molecular weight excluding hydrogens is 162 g/mol. The molecule has 3 fully saturated rings. The lowest BCUT2D eigenvalue weighted by Gasteiger charge is -2.24. The van der Waals surface area contributed by atoms with E-state index in [9.17, 15) is 0 Å². The zero-order valence-corrected chi connectivity index (χ0v) is 8.17. The maximum atomic E-state index is 5.36. The van der Waals surface area contributed by atoms with Gasteiger partial charge in [0.2, 0.25) is 0 Å². The number of hydrogen-bond acceptors (Lipinski definition) is 2. The molecule has 0 aromatic heterocycles. The third-order valence-corrected chi connectivity index (χ3v) is 4.06. The Morgan fingerprint density at radius 2 is 1.62 bits per heavy atom. The highest BCUT2D eigenvalue weighted by Gasteiger charge is 2.52. The zero-order valence-electron chi connectivity index (χ0n) is 8.17. The predicted molar refractivity (Wildman–Crippen MR) is 51.6 cm³/mol. The van der Waals surface area contributed by atoms with Crippen LogP contribution in [0.1, 0.15) is 32.1 Å². The van der Waals surface area contributed by atoms with Crippen LogP contribution in [0.3, 0.4) is 0 Å². The standard InChI is InChI=1S/C11H19NO/c1-2-9-10(3-1)11(9)12-8-4-6-13-7-5-8/h8-12H,1-7H2. The Morgan fingerprint density at radius 3 is 2.31 bits per heavy atom. The van der Waals surface area contributed by atoms with Gasteiger partial charge in [-0.1, -0.05) is 6.42 Å². The summed E-state index contributed by atoms with van der Waals surface area (Å²) in [6, 6.07) is 1.67. The molecule has 1 N–H and O–H groups in total.